The van der Waals surface area contributed by atoms with Crippen LogP contribution in [-0.4, -0.2) is 6.34 Å². The summed E-state index contributed by atoms with van der Waals surface area (Å²) in [6, 6.07) is 3.62. The lowest BCUT2D eigenvalue weighted by molar-refractivity contribution is 0.513. The van der Waals surface area contributed by atoms with Gasteiger partial charge in [0.15, 0.2) is 6.19 Å². The summed E-state index contributed by atoms with van der Waals surface area (Å²) in [5.74, 6) is 0.779. The number of nitriles is 1. The maximum atomic E-state index is 8.05. The van der Waals surface area contributed by atoms with Crippen molar-refractivity contribution in [2.75, 3.05) is 0 Å². The van der Waals surface area contributed by atoms with Crippen molar-refractivity contribution in [2.45, 2.75) is 6.54 Å². The summed E-state index contributed by atoms with van der Waals surface area (Å²) in [6.07, 6.45) is 4.64. The van der Waals surface area contributed by atoms with Crippen LogP contribution in [0.3, 0.4) is 0 Å². The van der Waals surface area contributed by atoms with Crippen LogP contribution in [0.2, 0.25) is 0 Å². The number of furan rings is 1. The molecule has 1 N–H and O–H groups in total. The molecule has 1 aromatic heterocycles. The van der Waals surface area contributed by atoms with Gasteiger partial charge < -0.3 is 4.42 Å². The standard InChI is InChI=1S/C7H7N3O/c8-5-10-6-9-4-7-2-1-3-11-7/h1-3,6H,4H2,(H,9,10). The minimum absolute atomic E-state index is 0.460. The molecule has 0 atom stereocenters. The van der Waals surface area contributed by atoms with Crippen molar-refractivity contribution in [1.82, 2.24) is 5.32 Å². The molecule has 0 fully saturated rings. The molecule has 0 aliphatic rings. The summed E-state index contributed by atoms with van der Waals surface area (Å²) in [6.45, 7) is 0.460. The third-order valence-electron chi connectivity index (χ3n) is 1.05. The summed E-state index contributed by atoms with van der Waals surface area (Å²) < 4.78 is 4.99. The lowest BCUT2D eigenvalue weighted by Gasteiger charge is -1.86. The highest BCUT2D eigenvalue weighted by atomic mass is 16.3. The second-order valence-electron chi connectivity index (χ2n) is 1.81. The Labute approximate surface area is 64.2 Å². The fraction of sp³-hybridized carbons (Fsp3) is 0.143. The number of nitrogens with zero attached hydrogens (tertiary/aromatic N) is 2. The van der Waals surface area contributed by atoms with Gasteiger partial charge in [0.05, 0.1) is 19.1 Å². The van der Waals surface area contributed by atoms with Gasteiger partial charge in [-0.05, 0) is 12.1 Å². The van der Waals surface area contributed by atoms with Gasteiger partial charge >= 0.3 is 0 Å². The normalized spacial score (nSPS) is 9.73. The van der Waals surface area contributed by atoms with Crippen molar-refractivity contribution >= 4 is 6.34 Å². The Balaban J connectivity index is 2.29. The Morgan fingerprint density at radius 2 is 2.73 bits per heavy atom. The van der Waals surface area contributed by atoms with Crippen molar-refractivity contribution in [3.8, 4) is 6.19 Å². The SMILES string of the molecule is N#CNC=NCc1ccco1. The maximum Gasteiger partial charge on any atom is 0.182 e. The minimum Gasteiger partial charge on any atom is -0.467 e. The van der Waals surface area contributed by atoms with E-state index in [1.54, 1.807) is 18.5 Å². The maximum absolute atomic E-state index is 8.05. The van der Waals surface area contributed by atoms with Crippen LogP contribution < -0.4 is 5.32 Å². The van der Waals surface area contributed by atoms with Crippen molar-refractivity contribution in [3.05, 3.63) is 24.2 Å². The summed E-state index contributed by atoms with van der Waals surface area (Å²) in [5.41, 5.74) is 0. The summed E-state index contributed by atoms with van der Waals surface area (Å²) in [5, 5.41) is 10.3. The van der Waals surface area contributed by atoms with Gasteiger partial charge in [0.2, 0.25) is 0 Å². The van der Waals surface area contributed by atoms with Gasteiger partial charge in [-0.25, -0.2) is 0 Å². The molecule has 4 nitrogen and oxygen atoms in total. The second-order valence-corrected chi connectivity index (χ2v) is 1.81. The number of aliphatic imine (C=N–C) groups is 1. The van der Waals surface area contributed by atoms with Gasteiger partial charge in [0, 0.05) is 0 Å². The monoisotopic (exact) mass is 149 g/mol. The highest BCUT2D eigenvalue weighted by molar-refractivity contribution is 5.56. The van der Waals surface area contributed by atoms with Crippen LogP contribution in [-0.2, 0) is 6.54 Å². The minimum atomic E-state index is 0.460. The van der Waals surface area contributed by atoms with E-state index in [2.05, 4.69) is 10.3 Å². The third-order valence-corrected chi connectivity index (χ3v) is 1.05. The van der Waals surface area contributed by atoms with E-state index >= 15 is 0 Å². The zero-order valence-electron chi connectivity index (χ0n) is 5.82. The molecule has 0 saturated carbocycles. The van der Waals surface area contributed by atoms with E-state index in [1.165, 1.54) is 6.34 Å². The van der Waals surface area contributed by atoms with Crippen LogP contribution in [0.5, 0.6) is 0 Å². The second kappa shape index (κ2) is 4.12. The molecule has 0 aliphatic carbocycles. The van der Waals surface area contributed by atoms with Gasteiger partial charge in [-0.3, -0.25) is 10.3 Å². The smallest absolute Gasteiger partial charge is 0.182 e. The van der Waals surface area contributed by atoms with Crippen LogP contribution in [0.4, 0.5) is 0 Å². The molecule has 0 bridgehead atoms. The van der Waals surface area contributed by atoms with Gasteiger partial charge in [-0.1, -0.05) is 0 Å². The topological polar surface area (TPSA) is 61.3 Å². The Hall–Kier alpha value is -1.76. The van der Waals surface area contributed by atoms with Gasteiger partial charge in [-0.15, -0.1) is 0 Å². The molecule has 0 aromatic carbocycles. The lowest BCUT2D eigenvalue weighted by Crippen LogP contribution is -1.99. The Kier molecular flexibility index (Phi) is 2.75. The zero-order chi connectivity index (χ0) is 7.94. The van der Waals surface area contributed by atoms with Crippen LogP contribution in [0.15, 0.2) is 27.8 Å². The molecule has 56 valence electrons. The van der Waals surface area contributed by atoms with E-state index in [0.717, 1.165) is 5.76 Å². The summed E-state index contributed by atoms with van der Waals surface area (Å²) in [4.78, 5) is 3.85. The molecule has 0 unspecified atom stereocenters. The number of nitrogens with one attached hydrogen (secondary N) is 1. The van der Waals surface area contributed by atoms with Gasteiger partial charge in [0.1, 0.15) is 5.76 Å². The Morgan fingerprint density at radius 3 is 3.36 bits per heavy atom. The molecule has 1 aromatic rings. The molecule has 0 amide bonds. The average Bonchev–Trinajstić information content (AvgIpc) is 2.50. The van der Waals surface area contributed by atoms with Crippen LogP contribution in [0, 0.1) is 11.5 Å². The van der Waals surface area contributed by atoms with Crippen molar-refractivity contribution in [2.24, 2.45) is 4.99 Å². The van der Waals surface area contributed by atoms with E-state index in [-0.39, 0.29) is 0 Å². The zero-order valence-corrected chi connectivity index (χ0v) is 5.82. The van der Waals surface area contributed by atoms with Gasteiger partial charge in [-0.2, -0.15) is 5.26 Å². The predicted octanol–water partition coefficient (Wildman–Crippen LogP) is 0.879. The molecule has 1 heterocycles. The molecule has 1 rings (SSSR count). The molecule has 0 saturated heterocycles. The molecule has 0 radical (unpaired) electrons. The largest absolute Gasteiger partial charge is 0.467 e. The van der Waals surface area contributed by atoms with E-state index in [4.69, 9.17) is 9.68 Å². The first kappa shape index (κ1) is 7.35. The molecular weight excluding hydrogens is 142 g/mol. The fourth-order valence-electron chi connectivity index (χ4n) is 0.613. The van der Waals surface area contributed by atoms with Crippen LogP contribution in [0.25, 0.3) is 0 Å². The molecule has 4 heteroatoms. The lowest BCUT2D eigenvalue weighted by atomic mass is 10.5. The van der Waals surface area contributed by atoms with Gasteiger partial charge in [0.25, 0.3) is 0 Å². The first-order valence-corrected chi connectivity index (χ1v) is 3.09. The predicted molar refractivity (Wildman–Crippen MR) is 39.7 cm³/mol. The molecule has 0 spiro atoms. The van der Waals surface area contributed by atoms with E-state index in [1.807, 2.05) is 6.07 Å². The Bertz CT molecular complexity index is 258. The van der Waals surface area contributed by atoms with Crippen molar-refractivity contribution < 1.29 is 4.42 Å². The van der Waals surface area contributed by atoms with Crippen molar-refractivity contribution in [3.63, 3.8) is 0 Å². The number of hydrogen-bond acceptors (Lipinski definition) is 3. The highest BCUT2D eigenvalue weighted by Gasteiger charge is 1.89. The fourth-order valence-corrected chi connectivity index (χ4v) is 0.613. The average molecular weight is 149 g/mol. The van der Waals surface area contributed by atoms with E-state index in [9.17, 15) is 0 Å². The highest BCUT2D eigenvalue weighted by Crippen LogP contribution is 1.99. The molecule has 0 aliphatic heterocycles. The quantitative estimate of drug-likeness (QED) is 0.300. The van der Waals surface area contributed by atoms with E-state index < -0.39 is 0 Å². The molecular formula is C7H7N3O. The Morgan fingerprint density at radius 1 is 1.82 bits per heavy atom. The third kappa shape index (κ3) is 2.54. The van der Waals surface area contributed by atoms with E-state index in [0.29, 0.717) is 6.54 Å². The van der Waals surface area contributed by atoms with Crippen LogP contribution >= 0.6 is 0 Å². The van der Waals surface area contributed by atoms with Crippen molar-refractivity contribution in [1.29, 1.82) is 5.26 Å². The molecule has 11 heavy (non-hydrogen) atoms. The first-order valence-electron chi connectivity index (χ1n) is 3.09. The summed E-state index contributed by atoms with van der Waals surface area (Å²) >= 11 is 0. The first-order chi connectivity index (χ1) is 5.43. The number of hydrogen-bond donors (Lipinski definition) is 1. The number of rotatable bonds is 3. The summed E-state index contributed by atoms with van der Waals surface area (Å²) in [7, 11) is 0. The van der Waals surface area contributed by atoms with Crippen LogP contribution in [0.1, 0.15) is 5.76 Å².